The van der Waals surface area contributed by atoms with Crippen LogP contribution in [-0.4, -0.2) is 24.7 Å². The van der Waals surface area contributed by atoms with Crippen molar-refractivity contribution < 1.29 is 4.74 Å². The van der Waals surface area contributed by atoms with Gasteiger partial charge in [-0.05, 0) is 54.5 Å². The highest BCUT2D eigenvalue weighted by Gasteiger charge is 2.18. The molecule has 2 heterocycles. The zero-order chi connectivity index (χ0) is 13.1. The molecule has 0 aliphatic carbocycles. The molecule has 3 rings (SSSR count). The van der Waals surface area contributed by atoms with Gasteiger partial charge in [0.1, 0.15) is 5.75 Å². The summed E-state index contributed by atoms with van der Waals surface area (Å²) in [5.74, 6) is 4.55. The fourth-order valence-electron chi connectivity index (χ4n) is 2.84. The normalized spacial score (nSPS) is 19.2. The van der Waals surface area contributed by atoms with E-state index in [2.05, 4.69) is 17.1 Å². The predicted molar refractivity (Wildman–Crippen MR) is 82.4 cm³/mol. The molecule has 0 saturated carbocycles. The van der Waals surface area contributed by atoms with Crippen LogP contribution >= 0.6 is 23.4 Å². The molecule has 0 amide bonds. The Balaban J connectivity index is 1.57. The molecular weight excluding hydrogens is 278 g/mol. The van der Waals surface area contributed by atoms with Crippen molar-refractivity contribution in [1.29, 1.82) is 0 Å². The van der Waals surface area contributed by atoms with Crippen molar-refractivity contribution >= 4 is 23.4 Å². The van der Waals surface area contributed by atoms with Crippen LogP contribution < -0.4 is 10.1 Å². The van der Waals surface area contributed by atoms with Crippen molar-refractivity contribution in [1.82, 2.24) is 5.32 Å². The van der Waals surface area contributed by atoms with Crippen molar-refractivity contribution in [3.63, 3.8) is 0 Å². The Morgan fingerprint density at radius 3 is 3.00 bits per heavy atom. The molecule has 2 nitrogen and oxygen atoms in total. The van der Waals surface area contributed by atoms with E-state index in [0.29, 0.717) is 0 Å². The third-order valence-electron chi connectivity index (χ3n) is 3.91. The van der Waals surface area contributed by atoms with Gasteiger partial charge in [0.15, 0.2) is 0 Å². The van der Waals surface area contributed by atoms with Crippen molar-refractivity contribution in [2.45, 2.75) is 25.8 Å². The van der Waals surface area contributed by atoms with E-state index in [1.165, 1.54) is 35.5 Å². The first-order valence-electron chi connectivity index (χ1n) is 7.05. The maximum absolute atomic E-state index is 6.17. The number of rotatable bonds is 4. The largest absolute Gasteiger partial charge is 0.493 e. The monoisotopic (exact) mass is 297 g/mol. The Morgan fingerprint density at radius 1 is 1.32 bits per heavy atom. The van der Waals surface area contributed by atoms with Gasteiger partial charge >= 0.3 is 0 Å². The molecule has 0 atom stereocenters. The molecule has 1 aromatic carbocycles. The number of ether oxygens (including phenoxy) is 1. The Bertz CT molecular complexity index is 446. The average molecular weight is 298 g/mol. The van der Waals surface area contributed by atoms with Crippen LogP contribution in [0.5, 0.6) is 5.75 Å². The van der Waals surface area contributed by atoms with E-state index in [1.807, 2.05) is 12.1 Å². The van der Waals surface area contributed by atoms with Crippen LogP contribution in [0.1, 0.15) is 24.0 Å². The van der Waals surface area contributed by atoms with E-state index in [0.717, 1.165) is 42.8 Å². The summed E-state index contributed by atoms with van der Waals surface area (Å²) in [6, 6.07) is 4.07. The molecule has 1 N–H and O–H groups in total. The van der Waals surface area contributed by atoms with Crippen molar-refractivity contribution in [2.75, 3.05) is 24.7 Å². The van der Waals surface area contributed by atoms with E-state index in [-0.39, 0.29) is 0 Å². The van der Waals surface area contributed by atoms with Crippen LogP contribution in [-0.2, 0) is 13.0 Å². The molecule has 0 radical (unpaired) electrons. The summed E-state index contributed by atoms with van der Waals surface area (Å²) in [5, 5.41) is 4.41. The number of benzene rings is 1. The first kappa shape index (κ1) is 13.6. The van der Waals surface area contributed by atoms with Crippen molar-refractivity contribution in [3.8, 4) is 5.75 Å². The predicted octanol–water partition coefficient (Wildman–Crippen LogP) is 3.51. The van der Waals surface area contributed by atoms with Gasteiger partial charge in [-0.15, -0.1) is 0 Å². The molecule has 1 aromatic rings. The molecule has 0 bridgehead atoms. The summed E-state index contributed by atoms with van der Waals surface area (Å²) in [6.45, 7) is 2.77. The highest BCUT2D eigenvalue weighted by Crippen LogP contribution is 2.32. The fraction of sp³-hybridized carbons (Fsp3) is 0.600. The Labute approximate surface area is 124 Å². The van der Waals surface area contributed by atoms with Gasteiger partial charge in [-0.25, -0.2) is 0 Å². The van der Waals surface area contributed by atoms with E-state index >= 15 is 0 Å². The minimum absolute atomic E-state index is 0.794. The second-order valence-electron chi connectivity index (χ2n) is 5.34. The number of halogens is 1. The first-order valence-corrected chi connectivity index (χ1v) is 8.59. The van der Waals surface area contributed by atoms with Gasteiger partial charge in [0.25, 0.3) is 0 Å². The molecule has 0 unspecified atom stereocenters. The molecule has 19 heavy (non-hydrogen) atoms. The summed E-state index contributed by atoms with van der Waals surface area (Å²) in [4.78, 5) is 0. The van der Waals surface area contributed by atoms with Gasteiger partial charge in [-0.3, -0.25) is 0 Å². The third-order valence-corrected chi connectivity index (χ3v) is 5.18. The number of thioether (sulfide) groups is 1. The second-order valence-corrected chi connectivity index (χ2v) is 7.00. The van der Waals surface area contributed by atoms with Gasteiger partial charge in [0, 0.05) is 23.6 Å². The molecule has 4 heteroatoms. The van der Waals surface area contributed by atoms with Crippen molar-refractivity contribution in [3.05, 3.63) is 28.3 Å². The molecule has 2 aliphatic heterocycles. The second kappa shape index (κ2) is 6.38. The van der Waals surface area contributed by atoms with Gasteiger partial charge in [-0.1, -0.05) is 11.6 Å². The minimum atomic E-state index is 0.794. The Morgan fingerprint density at radius 2 is 2.16 bits per heavy atom. The number of fused-ring (bicyclic) bond motifs is 1. The quantitative estimate of drug-likeness (QED) is 0.919. The SMILES string of the molecule is Clc1cc2c(c(CNCC3CCSCC3)c1)OCC2. The average Bonchev–Trinajstić information content (AvgIpc) is 2.88. The topological polar surface area (TPSA) is 21.3 Å². The summed E-state index contributed by atoms with van der Waals surface area (Å²) in [5.41, 5.74) is 2.48. The van der Waals surface area contributed by atoms with Gasteiger partial charge < -0.3 is 10.1 Å². The lowest BCUT2D eigenvalue weighted by molar-refractivity contribution is 0.351. The summed E-state index contributed by atoms with van der Waals surface area (Å²) in [6.07, 6.45) is 3.69. The maximum Gasteiger partial charge on any atom is 0.127 e. The highest BCUT2D eigenvalue weighted by molar-refractivity contribution is 7.99. The Kier molecular flexibility index (Phi) is 4.57. The Hall–Kier alpha value is -0.380. The lowest BCUT2D eigenvalue weighted by atomic mass is 10.0. The number of hydrogen-bond donors (Lipinski definition) is 1. The zero-order valence-corrected chi connectivity index (χ0v) is 12.7. The van der Waals surface area contributed by atoms with E-state index in [1.54, 1.807) is 0 Å². The van der Waals surface area contributed by atoms with Gasteiger partial charge in [0.2, 0.25) is 0 Å². The fourth-order valence-corrected chi connectivity index (χ4v) is 4.31. The standard InChI is InChI=1S/C15H20ClNOS/c16-14-7-12-1-4-18-15(12)13(8-14)10-17-9-11-2-5-19-6-3-11/h7-8,11,17H,1-6,9-10H2. The summed E-state index contributed by atoms with van der Waals surface area (Å²) < 4.78 is 5.73. The highest BCUT2D eigenvalue weighted by atomic mass is 35.5. The summed E-state index contributed by atoms with van der Waals surface area (Å²) >= 11 is 8.25. The molecule has 2 aliphatic rings. The van der Waals surface area contributed by atoms with Crippen LogP contribution in [0.2, 0.25) is 5.02 Å². The molecule has 0 spiro atoms. The molecule has 0 aromatic heterocycles. The van der Waals surface area contributed by atoms with E-state index in [4.69, 9.17) is 16.3 Å². The minimum Gasteiger partial charge on any atom is -0.493 e. The van der Waals surface area contributed by atoms with E-state index in [9.17, 15) is 0 Å². The number of nitrogens with one attached hydrogen (secondary N) is 1. The molecule has 1 saturated heterocycles. The maximum atomic E-state index is 6.17. The van der Waals surface area contributed by atoms with Crippen LogP contribution in [0, 0.1) is 5.92 Å². The van der Waals surface area contributed by atoms with Crippen LogP contribution in [0.3, 0.4) is 0 Å². The van der Waals surface area contributed by atoms with Crippen LogP contribution in [0.4, 0.5) is 0 Å². The van der Waals surface area contributed by atoms with Crippen molar-refractivity contribution in [2.24, 2.45) is 5.92 Å². The first-order chi connectivity index (χ1) is 9.33. The van der Waals surface area contributed by atoms with Crippen LogP contribution in [0.25, 0.3) is 0 Å². The third kappa shape index (κ3) is 3.39. The van der Waals surface area contributed by atoms with Gasteiger partial charge in [0.05, 0.1) is 6.61 Å². The number of hydrogen-bond acceptors (Lipinski definition) is 3. The molecule has 1 fully saturated rings. The van der Waals surface area contributed by atoms with E-state index < -0.39 is 0 Å². The van der Waals surface area contributed by atoms with Crippen LogP contribution in [0.15, 0.2) is 12.1 Å². The smallest absolute Gasteiger partial charge is 0.127 e. The lowest BCUT2D eigenvalue weighted by Gasteiger charge is -2.21. The molecule has 104 valence electrons. The molecular formula is C15H20ClNOS. The summed E-state index contributed by atoms with van der Waals surface area (Å²) in [7, 11) is 0. The van der Waals surface area contributed by atoms with Gasteiger partial charge in [-0.2, -0.15) is 11.8 Å². The lowest BCUT2D eigenvalue weighted by Crippen LogP contribution is -2.25. The zero-order valence-electron chi connectivity index (χ0n) is 11.1.